The molecule has 144 valence electrons. The number of imide groups is 1. The Morgan fingerprint density at radius 3 is 2.83 bits per heavy atom. The summed E-state index contributed by atoms with van der Waals surface area (Å²) in [7, 11) is 0. The minimum Gasteiger partial charge on any atom is -0.489 e. The molecule has 2 N–H and O–H groups in total. The van der Waals surface area contributed by atoms with Crippen LogP contribution in [0.4, 0.5) is 4.79 Å². The fraction of sp³-hybridized carbons (Fsp3) is 0.136. The molecule has 4 aromatic rings. The van der Waals surface area contributed by atoms with Crippen LogP contribution < -0.4 is 10.1 Å². The Morgan fingerprint density at radius 2 is 1.97 bits per heavy atom. The minimum absolute atomic E-state index is 0.229. The lowest BCUT2D eigenvalue weighted by molar-refractivity contribution is -0.118. The van der Waals surface area contributed by atoms with Gasteiger partial charge in [0.1, 0.15) is 12.4 Å². The van der Waals surface area contributed by atoms with E-state index < -0.39 is 0 Å². The molecule has 1 atom stereocenters. The van der Waals surface area contributed by atoms with Gasteiger partial charge in [-0.2, -0.15) is 0 Å². The van der Waals surface area contributed by atoms with Crippen molar-refractivity contribution in [2.24, 2.45) is 0 Å². The number of aromatic amines is 1. The number of rotatable bonds is 5. The molecule has 2 amide bonds. The number of nitrogens with zero attached hydrogens (tertiary/aromatic N) is 1. The van der Waals surface area contributed by atoms with Crippen LogP contribution in [-0.4, -0.2) is 26.4 Å². The average Bonchev–Trinajstić information content (AvgIpc) is 3.27. The van der Waals surface area contributed by atoms with Gasteiger partial charge in [0.25, 0.3) is 5.24 Å². The zero-order valence-electron chi connectivity index (χ0n) is 15.3. The summed E-state index contributed by atoms with van der Waals surface area (Å²) in [5, 5.41) is 3.77. The van der Waals surface area contributed by atoms with Crippen molar-refractivity contribution in [2.75, 3.05) is 0 Å². The van der Waals surface area contributed by atoms with Gasteiger partial charge in [-0.25, -0.2) is 0 Å². The lowest BCUT2D eigenvalue weighted by Crippen LogP contribution is -2.25. The van der Waals surface area contributed by atoms with Gasteiger partial charge >= 0.3 is 0 Å². The van der Waals surface area contributed by atoms with E-state index in [1.54, 1.807) is 6.20 Å². The third kappa shape index (κ3) is 3.69. The van der Waals surface area contributed by atoms with Gasteiger partial charge in [0.15, 0.2) is 0 Å². The van der Waals surface area contributed by atoms with Gasteiger partial charge in [-0.3, -0.25) is 19.9 Å². The normalized spacial score (nSPS) is 16.5. The first-order valence-electron chi connectivity index (χ1n) is 9.24. The second kappa shape index (κ2) is 7.25. The lowest BCUT2D eigenvalue weighted by Gasteiger charge is -2.07. The zero-order chi connectivity index (χ0) is 19.8. The number of benzene rings is 2. The highest BCUT2D eigenvalue weighted by atomic mass is 32.2. The number of hydrogen-bond donors (Lipinski definition) is 2. The first-order valence-corrected chi connectivity index (χ1v) is 10.1. The number of pyridine rings is 1. The first-order chi connectivity index (χ1) is 14.1. The van der Waals surface area contributed by atoms with Gasteiger partial charge < -0.3 is 9.72 Å². The van der Waals surface area contributed by atoms with E-state index in [4.69, 9.17) is 4.74 Å². The zero-order valence-corrected chi connectivity index (χ0v) is 16.2. The molecule has 3 heterocycles. The van der Waals surface area contributed by atoms with E-state index in [0.717, 1.165) is 50.6 Å². The Morgan fingerprint density at radius 1 is 1.03 bits per heavy atom. The van der Waals surface area contributed by atoms with Gasteiger partial charge in [0, 0.05) is 34.6 Å². The van der Waals surface area contributed by atoms with Crippen molar-refractivity contribution in [3.05, 3.63) is 72.1 Å². The predicted molar refractivity (Wildman–Crippen MR) is 113 cm³/mol. The van der Waals surface area contributed by atoms with Crippen LogP contribution >= 0.6 is 11.8 Å². The monoisotopic (exact) mass is 403 g/mol. The van der Waals surface area contributed by atoms with Gasteiger partial charge in [0.2, 0.25) is 5.91 Å². The number of carbonyl (C=O) groups is 2. The number of thioether (sulfide) groups is 1. The topological polar surface area (TPSA) is 84.1 Å². The van der Waals surface area contributed by atoms with Crippen molar-refractivity contribution in [1.29, 1.82) is 0 Å². The number of ether oxygens (including phenoxy) is 1. The number of nitrogens with one attached hydrogen (secondary N) is 2. The molecule has 1 aliphatic rings. The Balaban J connectivity index is 1.30. The molecule has 2 aromatic carbocycles. The third-order valence-electron chi connectivity index (χ3n) is 4.90. The summed E-state index contributed by atoms with van der Waals surface area (Å²) in [4.78, 5) is 30.8. The van der Waals surface area contributed by atoms with Crippen LogP contribution in [0.25, 0.3) is 21.8 Å². The van der Waals surface area contributed by atoms with Crippen LogP contribution in [0, 0.1) is 0 Å². The predicted octanol–water partition coefficient (Wildman–Crippen LogP) is 4.19. The van der Waals surface area contributed by atoms with E-state index in [1.807, 2.05) is 54.6 Å². The van der Waals surface area contributed by atoms with Gasteiger partial charge in [-0.05, 0) is 42.0 Å². The van der Waals surface area contributed by atoms with E-state index >= 15 is 0 Å². The molecule has 6 nitrogen and oxygen atoms in total. The second-order valence-corrected chi connectivity index (χ2v) is 8.13. The smallest absolute Gasteiger partial charge is 0.286 e. The van der Waals surface area contributed by atoms with E-state index in [1.165, 1.54) is 0 Å². The van der Waals surface area contributed by atoms with Crippen LogP contribution in [0.2, 0.25) is 0 Å². The number of aromatic nitrogens is 2. The van der Waals surface area contributed by atoms with E-state index in [9.17, 15) is 9.59 Å². The van der Waals surface area contributed by atoms with Crippen molar-refractivity contribution < 1.29 is 14.3 Å². The lowest BCUT2D eigenvalue weighted by atomic mass is 10.1. The van der Waals surface area contributed by atoms with Crippen LogP contribution in [0.3, 0.4) is 0 Å². The summed E-state index contributed by atoms with van der Waals surface area (Å²) < 4.78 is 5.97. The van der Waals surface area contributed by atoms with Crippen molar-refractivity contribution >= 4 is 44.7 Å². The fourth-order valence-corrected chi connectivity index (χ4v) is 4.31. The SMILES string of the molecule is O=C1NC(=O)C(Cc2cc3cc(OCc4ccc5cccnc5c4)ccc3[nH]2)S1. The molecular formula is C22H17N3O3S. The first kappa shape index (κ1) is 17.8. The maximum absolute atomic E-state index is 11.8. The van der Waals surface area contributed by atoms with Crippen LogP contribution in [0.5, 0.6) is 5.75 Å². The molecule has 0 bridgehead atoms. The summed E-state index contributed by atoms with van der Waals surface area (Å²) >= 11 is 1.04. The molecule has 0 saturated carbocycles. The Kier molecular flexibility index (Phi) is 4.44. The van der Waals surface area contributed by atoms with Crippen molar-refractivity contribution in [1.82, 2.24) is 15.3 Å². The molecular weight excluding hydrogens is 386 g/mol. The molecule has 0 spiro atoms. The molecule has 29 heavy (non-hydrogen) atoms. The molecule has 1 unspecified atom stereocenters. The molecule has 0 radical (unpaired) electrons. The standard InChI is InChI=1S/C22H17N3O3S/c26-21-20(29-22(27)25-21)11-16-9-15-10-17(5-6-18(15)24-16)28-12-13-3-4-14-2-1-7-23-19(14)8-13/h1-10,20,24H,11-12H2,(H,25,26,27). The highest BCUT2D eigenvalue weighted by Crippen LogP contribution is 2.27. The number of hydrogen-bond acceptors (Lipinski definition) is 5. The number of H-pyrrole nitrogens is 1. The van der Waals surface area contributed by atoms with Crippen molar-refractivity contribution in [3.63, 3.8) is 0 Å². The second-order valence-electron chi connectivity index (χ2n) is 6.95. The van der Waals surface area contributed by atoms with E-state index in [0.29, 0.717) is 13.0 Å². The summed E-state index contributed by atoms with van der Waals surface area (Å²) in [5.74, 6) is 0.542. The Bertz CT molecular complexity index is 1250. The third-order valence-corrected chi connectivity index (χ3v) is 5.88. The largest absolute Gasteiger partial charge is 0.489 e. The van der Waals surface area contributed by atoms with Gasteiger partial charge in [0.05, 0.1) is 10.8 Å². The maximum atomic E-state index is 11.8. The summed E-state index contributed by atoms with van der Waals surface area (Å²) in [6.45, 7) is 0.455. The fourth-order valence-electron chi connectivity index (χ4n) is 3.47. The molecule has 0 aliphatic carbocycles. The average molecular weight is 403 g/mol. The Hall–Kier alpha value is -3.32. The highest BCUT2D eigenvalue weighted by molar-refractivity contribution is 8.15. The van der Waals surface area contributed by atoms with Crippen LogP contribution in [0.15, 0.2) is 60.8 Å². The summed E-state index contributed by atoms with van der Waals surface area (Å²) in [5.41, 5.74) is 3.89. The van der Waals surface area contributed by atoms with Crippen LogP contribution in [0.1, 0.15) is 11.3 Å². The van der Waals surface area contributed by atoms with Crippen molar-refractivity contribution in [2.45, 2.75) is 18.3 Å². The highest BCUT2D eigenvalue weighted by Gasteiger charge is 2.31. The maximum Gasteiger partial charge on any atom is 0.286 e. The Labute approximate surface area is 170 Å². The van der Waals surface area contributed by atoms with Gasteiger partial charge in [-0.1, -0.05) is 30.0 Å². The quantitative estimate of drug-likeness (QED) is 0.522. The summed E-state index contributed by atoms with van der Waals surface area (Å²) in [6.07, 6.45) is 2.27. The number of fused-ring (bicyclic) bond motifs is 2. The molecule has 7 heteroatoms. The molecule has 1 saturated heterocycles. The molecule has 5 rings (SSSR count). The summed E-state index contributed by atoms with van der Waals surface area (Å²) in [6, 6.07) is 17.9. The molecule has 2 aromatic heterocycles. The van der Waals surface area contributed by atoms with Crippen molar-refractivity contribution in [3.8, 4) is 5.75 Å². The molecule has 1 aliphatic heterocycles. The van der Waals surface area contributed by atoms with Crippen LogP contribution in [-0.2, 0) is 17.8 Å². The van der Waals surface area contributed by atoms with E-state index in [2.05, 4.69) is 15.3 Å². The van der Waals surface area contributed by atoms with Gasteiger partial charge in [-0.15, -0.1) is 0 Å². The molecule has 1 fully saturated rings. The number of carbonyl (C=O) groups excluding carboxylic acids is 2. The number of amides is 2. The minimum atomic E-state index is -0.382. The van der Waals surface area contributed by atoms with E-state index in [-0.39, 0.29) is 16.4 Å².